The van der Waals surface area contributed by atoms with Crippen molar-refractivity contribution in [1.29, 1.82) is 0 Å². The molecule has 5 heteroatoms. The minimum absolute atomic E-state index is 0.0480. The number of aliphatic carboxylic acids is 1. The molecule has 0 heterocycles. The summed E-state index contributed by atoms with van der Waals surface area (Å²) in [7, 11) is 0. The lowest BCUT2D eigenvalue weighted by Crippen LogP contribution is -2.29. The van der Waals surface area contributed by atoms with E-state index in [4.69, 9.17) is 5.11 Å². The van der Waals surface area contributed by atoms with Gasteiger partial charge in [-0.15, -0.1) is 0 Å². The lowest BCUT2D eigenvalue weighted by atomic mass is 10.1. The van der Waals surface area contributed by atoms with Gasteiger partial charge in [0.2, 0.25) is 0 Å². The fourth-order valence-corrected chi connectivity index (χ4v) is 0.810. The first-order valence-corrected chi connectivity index (χ1v) is 4.18. The third kappa shape index (κ3) is 7.11. The van der Waals surface area contributed by atoms with E-state index in [0.717, 1.165) is 0 Å². The van der Waals surface area contributed by atoms with Crippen LogP contribution < -0.4 is 5.32 Å². The Bertz CT molecular complexity index is 181. The van der Waals surface area contributed by atoms with E-state index in [1.54, 1.807) is 13.8 Å². The van der Waals surface area contributed by atoms with E-state index in [2.05, 4.69) is 10.1 Å². The van der Waals surface area contributed by atoms with E-state index in [-0.39, 0.29) is 12.3 Å². The highest BCUT2D eigenvalue weighted by molar-refractivity contribution is 5.68. The van der Waals surface area contributed by atoms with Gasteiger partial charge in [-0.2, -0.15) is 0 Å². The molecule has 76 valence electrons. The van der Waals surface area contributed by atoms with Crippen LogP contribution in [0, 0.1) is 5.92 Å². The molecule has 1 unspecified atom stereocenters. The first-order chi connectivity index (χ1) is 6.06. The average Bonchev–Trinajstić information content (AvgIpc) is 2.00. The van der Waals surface area contributed by atoms with Crippen LogP contribution in [0.1, 0.15) is 20.3 Å². The van der Waals surface area contributed by atoms with Crippen LogP contribution in [0.25, 0.3) is 0 Å². The molecule has 1 atom stereocenters. The van der Waals surface area contributed by atoms with Gasteiger partial charge >= 0.3 is 12.1 Å². The standard InChI is InChI=1S/C8H15NO4/c1-3-13-8(12)9-5-6(2)4-7(10)11/h6H,3-5H2,1-2H3,(H,9,12)(H,10,11). The summed E-state index contributed by atoms with van der Waals surface area (Å²) in [6.45, 7) is 4.10. The molecule has 0 aliphatic heterocycles. The molecule has 0 fully saturated rings. The zero-order valence-corrected chi connectivity index (χ0v) is 7.87. The average molecular weight is 189 g/mol. The Morgan fingerprint density at radius 2 is 2.15 bits per heavy atom. The predicted molar refractivity (Wildman–Crippen MR) is 46.4 cm³/mol. The number of hydrogen-bond acceptors (Lipinski definition) is 3. The van der Waals surface area contributed by atoms with Crippen molar-refractivity contribution in [2.24, 2.45) is 5.92 Å². The maximum atomic E-state index is 10.8. The van der Waals surface area contributed by atoms with Crippen molar-refractivity contribution < 1.29 is 19.4 Å². The van der Waals surface area contributed by atoms with E-state index in [0.29, 0.717) is 13.2 Å². The van der Waals surface area contributed by atoms with Gasteiger partial charge in [-0.25, -0.2) is 4.79 Å². The Balaban J connectivity index is 3.51. The van der Waals surface area contributed by atoms with Crippen molar-refractivity contribution in [2.45, 2.75) is 20.3 Å². The maximum Gasteiger partial charge on any atom is 0.407 e. The summed E-state index contributed by atoms with van der Waals surface area (Å²) in [6, 6.07) is 0. The number of carboxylic acid groups (broad SMARTS) is 1. The van der Waals surface area contributed by atoms with Crippen LogP contribution in [0.4, 0.5) is 4.79 Å². The van der Waals surface area contributed by atoms with Crippen molar-refractivity contribution in [2.75, 3.05) is 13.2 Å². The smallest absolute Gasteiger partial charge is 0.407 e. The molecular formula is C8H15NO4. The Morgan fingerprint density at radius 3 is 2.62 bits per heavy atom. The second kappa shape index (κ2) is 6.28. The molecule has 0 aliphatic carbocycles. The van der Waals surface area contributed by atoms with Gasteiger partial charge < -0.3 is 15.2 Å². The molecule has 13 heavy (non-hydrogen) atoms. The fourth-order valence-electron chi connectivity index (χ4n) is 0.810. The second-order valence-electron chi connectivity index (χ2n) is 2.80. The highest BCUT2D eigenvalue weighted by Crippen LogP contribution is 1.99. The van der Waals surface area contributed by atoms with Crippen molar-refractivity contribution in [1.82, 2.24) is 5.32 Å². The Labute approximate surface area is 77.1 Å². The summed E-state index contributed by atoms with van der Waals surface area (Å²) in [4.78, 5) is 21.0. The lowest BCUT2D eigenvalue weighted by molar-refractivity contribution is -0.137. The fraction of sp³-hybridized carbons (Fsp3) is 0.750. The molecule has 0 radical (unpaired) electrons. The summed E-state index contributed by atoms with van der Waals surface area (Å²) in [5, 5.41) is 10.9. The largest absolute Gasteiger partial charge is 0.481 e. The molecule has 0 bridgehead atoms. The molecule has 0 aromatic carbocycles. The normalized spacial score (nSPS) is 11.8. The van der Waals surface area contributed by atoms with Crippen LogP contribution in [0.3, 0.4) is 0 Å². The zero-order chi connectivity index (χ0) is 10.3. The summed E-state index contributed by atoms with van der Waals surface area (Å²) < 4.78 is 4.60. The molecule has 0 aromatic heterocycles. The van der Waals surface area contributed by atoms with Crippen LogP contribution in [-0.2, 0) is 9.53 Å². The number of rotatable bonds is 5. The molecular weight excluding hydrogens is 174 g/mol. The van der Waals surface area contributed by atoms with E-state index in [1.807, 2.05) is 0 Å². The summed E-state index contributed by atoms with van der Waals surface area (Å²) in [6.07, 6.45) is -0.452. The van der Waals surface area contributed by atoms with Gasteiger partial charge in [-0.1, -0.05) is 6.92 Å². The summed E-state index contributed by atoms with van der Waals surface area (Å²) in [5.74, 6) is -0.944. The van der Waals surface area contributed by atoms with Gasteiger partial charge in [-0.3, -0.25) is 4.79 Å². The van der Waals surface area contributed by atoms with Crippen molar-refractivity contribution in [3.8, 4) is 0 Å². The van der Waals surface area contributed by atoms with E-state index in [1.165, 1.54) is 0 Å². The Kier molecular flexibility index (Phi) is 5.67. The number of carboxylic acids is 1. The van der Waals surface area contributed by atoms with Gasteiger partial charge in [0.25, 0.3) is 0 Å². The number of carbonyl (C=O) groups is 2. The Hall–Kier alpha value is -1.26. The molecule has 0 spiro atoms. The predicted octanol–water partition coefficient (Wildman–Crippen LogP) is 0.843. The van der Waals surface area contributed by atoms with Crippen molar-refractivity contribution in [3.63, 3.8) is 0 Å². The topological polar surface area (TPSA) is 75.6 Å². The van der Waals surface area contributed by atoms with Crippen molar-refractivity contribution in [3.05, 3.63) is 0 Å². The van der Waals surface area contributed by atoms with Gasteiger partial charge in [0.05, 0.1) is 6.61 Å². The van der Waals surface area contributed by atoms with Gasteiger partial charge in [0.1, 0.15) is 0 Å². The summed E-state index contributed by atoms with van der Waals surface area (Å²) >= 11 is 0. The van der Waals surface area contributed by atoms with Crippen LogP contribution in [0.15, 0.2) is 0 Å². The van der Waals surface area contributed by atoms with E-state index >= 15 is 0 Å². The highest BCUT2D eigenvalue weighted by Gasteiger charge is 2.08. The Morgan fingerprint density at radius 1 is 1.54 bits per heavy atom. The van der Waals surface area contributed by atoms with Gasteiger partial charge in [0.15, 0.2) is 0 Å². The molecule has 1 amide bonds. The summed E-state index contributed by atoms with van der Waals surface area (Å²) in [5.41, 5.74) is 0. The molecule has 0 aliphatic rings. The minimum Gasteiger partial charge on any atom is -0.481 e. The SMILES string of the molecule is CCOC(=O)NCC(C)CC(=O)O. The van der Waals surface area contributed by atoms with E-state index in [9.17, 15) is 9.59 Å². The zero-order valence-electron chi connectivity index (χ0n) is 7.87. The third-order valence-corrected chi connectivity index (χ3v) is 1.39. The molecule has 5 nitrogen and oxygen atoms in total. The van der Waals surface area contributed by atoms with Crippen LogP contribution >= 0.6 is 0 Å². The monoisotopic (exact) mass is 189 g/mol. The molecule has 2 N–H and O–H groups in total. The molecule has 0 saturated heterocycles. The van der Waals surface area contributed by atoms with Crippen LogP contribution in [-0.4, -0.2) is 30.3 Å². The molecule has 0 saturated carbocycles. The van der Waals surface area contributed by atoms with Gasteiger partial charge in [-0.05, 0) is 12.8 Å². The highest BCUT2D eigenvalue weighted by atomic mass is 16.5. The number of carbonyl (C=O) groups excluding carboxylic acids is 1. The van der Waals surface area contributed by atoms with Gasteiger partial charge in [0, 0.05) is 13.0 Å². The van der Waals surface area contributed by atoms with Crippen molar-refractivity contribution >= 4 is 12.1 Å². The van der Waals surface area contributed by atoms with Crippen LogP contribution in [0.2, 0.25) is 0 Å². The maximum absolute atomic E-state index is 10.8. The molecule has 0 aromatic rings. The number of nitrogens with one attached hydrogen (secondary N) is 1. The van der Waals surface area contributed by atoms with Crippen LogP contribution in [0.5, 0.6) is 0 Å². The minimum atomic E-state index is -0.863. The second-order valence-corrected chi connectivity index (χ2v) is 2.80. The number of amides is 1. The number of ether oxygens (including phenoxy) is 1. The third-order valence-electron chi connectivity index (χ3n) is 1.39. The van der Waals surface area contributed by atoms with E-state index < -0.39 is 12.1 Å². The number of alkyl carbamates (subject to hydrolysis) is 1. The quantitative estimate of drug-likeness (QED) is 0.672. The first-order valence-electron chi connectivity index (χ1n) is 4.18. The number of hydrogen-bond donors (Lipinski definition) is 2. The lowest BCUT2D eigenvalue weighted by Gasteiger charge is -2.09. The molecule has 0 rings (SSSR count). The first kappa shape index (κ1) is 11.7.